The molecule has 0 saturated carbocycles. The Bertz CT molecular complexity index is 732. The molecule has 21 heavy (non-hydrogen) atoms. The fourth-order valence-electron chi connectivity index (χ4n) is 2.51. The van der Waals surface area contributed by atoms with Gasteiger partial charge in [-0.15, -0.1) is 0 Å². The van der Waals surface area contributed by atoms with Crippen molar-refractivity contribution >= 4 is 16.6 Å². The van der Waals surface area contributed by atoms with Gasteiger partial charge in [-0.2, -0.15) is 0 Å². The van der Waals surface area contributed by atoms with Gasteiger partial charge in [0.2, 0.25) is 0 Å². The summed E-state index contributed by atoms with van der Waals surface area (Å²) in [5.41, 5.74) is 3.18. The summed E-state index contributed by atoms with van der Waals surface area (Å²) in [4.78, 5) is 4.36. The van der Waals surface area contributed by atoms with E-state index in [4.69, 9.17) is 0 Å². The first-order chi connectivity index (χ1) is 10.2. The number of hydrogen-bond acceptors (Lipinski definition) is 2. The number of benzene rings is 2. The van der Waals surface area contributed by atoms with Crippen molar-refractivity contribution < 1.29 is 4.39 Å². The monoisotopic (exact) mass is 280 g/mol. The lowest BCUT2D eigenvalue weighted by Crippen LogP contribution is -2.18. The second kappa shape index (κ2) is 5.92. The number of rotatable bonds is 4. The van der Waals surface area contributed by atoms with E-state index >= 15 is 0 Å². The van der Waals surface area contributed by atoms with Crippen LogP contribution in [0.1, 0.15) is 12.5 Å². The molecular formula is C18H17FN2. The zero-order valence-electron chi connectivity index (χ0n) is 11.9. The Morgan fingerprint density at radius 2 is 1.81 bits per heavy atom. The van der Waals surface area contributed by atoms with Gasteiger partial charge in [-0.25, -0.2) is 4.39 Å². The smallest absolute Gasteiger partial charge is 0.123 e. The van der Waals surface area contributed by atoms with Crippen molar-refractivity contribution in [2.45, 2.75) is 19.4 Å². The molecule has 1 unspecified atom stereocenters. The van der Waals surface area contributed by atoms with Gasteiger partial charge in [0.1, 0.15) is 5.82 Å². The van der Waals surface area contributed by atoms with Crippen LogP contribution in [-0.2, 0) is 6.42 Å². The van der Waals surface area contributed by atoms with Gasteiger partial charge in [-0.05, 0) is 43.2 Å². The second-order valence-corrected chi connectivity index (χ2v) is 5.25. The number of hydrogen-bond donors (Lipinski definition) is 1. The molecule has 1 heterocycles. The third kappa shape index (κ3) is 3.19. The number of fused-ring (bicyclic) bond motifs is 1. The van der Waals surface area contributed by atoms with Crippen LogP contribution >= 0.6 is 0 Å². The van der Waals surface area contributed by atoms with Gasteiger partial charge in [0.15, 0.2) is 0 Å². The highest BCUT2D eigenvalue weighted by molar-refractivity contribution is 5.90. The van der Waals surface area contributed by atoms with Crippen LogP contribution in [0.3, 0.4) is 0 Å². The molecule has 1 atom stereocenters. The maximum Gasteiger partial charge on any atom is 0.123 e. The molecule has 2 nitrogen and oxygen atoms in total. The quantitative estimate of drug-likeness (QED) is 0.765. The molecule has 0 aliphatic carbocycles. The lowest BCUT2D eigenvalue weighted by molar-refractivity contribution is 0.626. The van der Waals surface area contributed by atoms with Crippen LogP contribution in [0.5, 0.6) is 0 Å². The van der Waals surface area contributed by atoms with E-state index in [2.05, 4.69) is 23.3 Å². The van der Waals surface area contributed by atoms with E-state index in [1.54, 1.807) is 0 Å². The molecule has 2 aromatic carbocycles. The number of aromatic nitrogens is 1. The maximum absolute atomic E-state index is 12.9. The van der Waals surface area contributed by atoms with Gasteiger partial charge in [0.05, 0.1) is 5.52 Å². The molecule has 0 bridgehead atoms. The number of halogens is 1. The molecule has 0 saturated heterocycles. The Morgan fingerprint density at radius 3 is 2.62 bits per heavy atom. The summed E-state index contributed by atoms with van der Waals surface area (Å²) in [6, 6.07) is 17.0. The summed E-state index contributed by atoms with van der Waals surface area (Å²) in [5.74, 6) is -0.195. The first-order valence-electron chi connectivity index (χ1n) is 7.07. The topological polar surface area (TPSA) is 24.9 Å². The molecule has 0 aliphatic rings. The SMILES string of the molecule is CC(Cc1ccc(F)cc1)Nc1ccnc2ccccc12. The summed E-state index contributed by atoms with van der Waals surface area (Å²) in [5, 5.41) is 4.63. The largest absolute Gasteiger partial charge is 0.382 e. The normalized spacial score (nSPS) is 12.3. The molecule has 0 radical (unpaired) electrons. The van der Waals surface area contributed by atoms with Crippen molar-refractivity contribution in [1.82, 2.24) is 4.98 Å². The van der Waals surface area contributed by atoms with Gasteiger partial charge in [-0.3, -0.25) is 4.98 Å². The molecule has 0 spiro atoms. The van der Waals surface area contributed by atoms with Crippen LogP contribution in [0, 0.1) is 5.82 Å². The van der Waals surface area contributed by atoms with Crippen LogP contribution in [0.2, 0.25) is 0 Å². The zero-order valence-corrected chi connectivity index (χ0v) is 11.9. The number of nitrogens with one attached hydrogen (secondary N) is 1. The average molecular weight is 280 g/mol. The van der Waals surface area contributed by atoms with E-state index in [1.165, 1.54) is 12.1 Å². The summed E-state index contributed by atoms with van der Waals surface area (Å²) in [6.45, 7) is 2.12. The minimum absolute atomic E-state index is 0.195. The van der Waals surface area contributed by atoms with E-state index in [-0.39, 0.29) is 11.9 Å². The van der Waals surface area contributed by atoms with E-state index in [9.17, 15) is 4.39 Å². The Labute approximate surface area is 123 Å². The standard InChI is InChI=1S/C18H17FN2/c1-13(12-14-6-8-15(19)9-7-14)21-18-10-11-20-17-5-3-2-4-16(17)18/h2-11,13H,12H2,1H3,(H,20,21). The van der Waals surface area contributed by atoms with Gasteiger partial charge in [0, 0.05) is 23.3 Å². The molecule has 3 rings (SSSR count). The Morgan fingerprint density at radius 1 is 1.05 bits per heavy atom. The Balaban J connectivity index is 1.77. The molecule has 1 aromatic heterocycles. The summed E-state index contributed by atoms with van der Waals surface area (Å²) >= 11 is 0. The van der Waals surface area contributed by atoms with Crippen molar-refractivity contribution in [2.24, 2.45) is 0 Å². The fraction of sp³-hybridized carbons (Fsp3) is 0.167. The third-order valence-electron chi connectivity index (χ3n) is 3.51. The van der Waals surface area contributed by atoms with E-state index < -0.39 is 0 Å². The molecule has 0 aliphatic heterocycles. The second-order valence-electron chi connectivity index (χ2n) is 5.25. The van der Waals surface area contributed by atoms with Gasteiger partial charge < -0.3 is 5.32 Å². The highest BCUT2D eigenvalue weighted by Crippen LogP contribution is 2.22. The molecule has 0 amide bonds. The van der Waals surface area contributed by atoms with E-state index in [0.717, 1.165) is 28.6 Å². The zero-order chi connectivity index (χ0) is 14.7. The van der Waals surface area contributed by atoms with E-state index in [0.29, 0.717) is 0 Å². The van der Waals surface area contributed by atoms with Crippen molar-refractivity contribution in [3.63, 3.8) is 0 Å². The van der Waals surface area contributed by atoms with Gasteiger partial charge in [0.25, 0.3) is 0 Å². The van der Waals surface area contributed by atoms with Crippen molar-refractivity contribution in [1.29, 1.82) is 0 Å². The fourth-order valence-corrected chi connectivity index (χ4v) is 2.51. The van der Waals surface area contributed by atoms with Crippen molar-refractivity contribution in [3.8, 4) is 0 Å². The van der Waals surface area contributed by atoms with E-state index in [1.807, 2.05) is 42.6 Å². The minimum atomic E-state index is -0.195. The summed E-state index contributed by atoms with van der Waals surface area (Å²) < 4.78 is 12.9. The molecular weight excluding hydrogens is 263 g/mol. The van der Waals surface area contributed by atoms with Crippen LogP contribution in [-0.4, -0.2) is 11.0 Å². The Kier molecular flexibility index (Phi) is 3.82. The van der Waals surface area contributed by atoms with Crippen molar-refractivity contribution in [3.05, 3.63) is 72.2 Å². The van der Waals surface area contributed by atoms with Crippen LogP contribution in [0.25, 0.3) is 10.9 Å². The number of para-hydroxylation sites is 1. The highest BCUT2D eigenvalue weighted by atomic mass is 19.1. The predicted molar refractivity (Wildman–Crippen MR) is 84.9 cm³/mol. The highest BCUT2D eigenvalue weighted by Gasteiger charge is 2.07. The summed E-state index contributed by atoms with van der Waals surface area (Å²) in [6.07, 6.45) is 2.66. The van der Waals surface area contributed by atoms with Crippen LogP contribution in [0.15, 0.2) is 60.8 Å². The van der Waals surface area contributed by atoms with Crippen LogP contribution in [0.4, 0.5) is 10.1 Å². The number of anilines is 1. The maximum atomic E-state index is 12.9. The van der Waals surface area contributed by atoms with Gasteiger partial charge >= 0.3 is 0 Å². The molecule has 3 heteroatoms. The summed E-state index contributed by atoms with van der Waals surface area (Å²) in [7, 11) is 0. The minimum Gasteiger partial charge on any atom is -0.382 e. The first kappa shape index (κ1) is 13.6. The third-order valence-corrected chi connectivity index (χ3v) is 3.51. The predicted octanol–water partition coefficient (Wildman–Crippen LogP) is 4.42. The lowest BCUT2D eigenvalue weighted by Gasteiger charge is -2.17. The molecule has 3 aromatic rings. The molecule has 1 N–H and O–H groups in total. The average Bonchev–Trinajstić information content (AvgIpc) is 2.50. The first-order valence-corrected chi connectivity index (χ1v) is 7.07. The molecule has 106 valence electrons. The van der Waals surface area contributed by atoms with Crippen LogP contribution < -0.4 is 5.32 Å². The van der Waals surface area contributed by atoms with Crippen molar-refractivity contribution in [2.75, 3.05) is 5.32 Å². The molecule has 0 fully saturated rings. The number of pyridine rings is 1. The van der Waals surface area contributed by atoms with Gasteiger partial charge in [-0.1, -0.05) is 30.3 Å². The number of nitrogens with zero attached hydrogens (tertiary/aromatic N) is 1. The lowest BCUT2D eigenvalue weighted by atomic mass is 10.1. The Hall–Kier alpha value is -2.42.